The molecule has 0 atom stereocenters. The van der Waals surface area contributed by atoms with E-state index in [4.69, 9.17) is 5.73 Å². The maximum atomic E-state index is 10.6. The van der Waals surface area contributed by atoms with Gasteiger partial charge < -0.3 is 16.4 Å². The lowest BCUT2D eigenvalue weighted by Crippen LogP contribution is -2.13. The zero-order valence-corrected chi connectivity index (χ0v) is 10.3. The number of hydrogen-bond donors (Lipinski definition) is 3. The van der Waals surface area contributed by atoms with Crippen LogP contribution in [0.5, 0.6) is 0 Å². The molecule has 0 fully saturated rings. The van der Waals surface area contributed by atoms with Gasteiger partial charge in [-0.05, 0) is 20.3 Å². The van der Waals surface area contributed by atoms with Crippen molar-refractivity contribution in [2.45, 2.75) is 26.7 Å². The lowest BCUT2D eigenvalue weighted by atomic mass is 10.3. The van der Waals surface area contributed by atoms with Gasteiger partial charge in [-0.25, -0.2) is 4.98 Å². The summed E-state index contributed by atoms with van der Waals surface area (Å²) in [5, 5.41) is 6.20. The van der Waals surface area contributed by atoms with Crippen LogP contribution in [-0.2, 0) is 4.79 Å². The zero-order chi connectivity index (χ0) is 12.7. The monoisotopic (exact) mass is 237 g/mol. The Kier molecular flexibility index (Phi) is 5.19. The Morgan fingerprint density at radius 3 is 2.82 bits per heavy atom. The molecule has 0 aromatic carbocycles. The van der Waals surface area contributed by atoms with E-state index in [1.807, 2.05) is 19.9 Å². The molecule has 0 aliphatic rings. The second-order valence-electron chi connectivity index (χ2n) is 3.75. The van der Waals surface area contributed by atoms with E-state index in [1.54, 1.807) is 0 Å². The van der Waals surface area contributed by atoms with Crippen molar-refractivity contribution in [3.05, 3.63) is 11.8 Å². The Bertz CT molecular complexity index is 380. The van der Waals surface area contributed by atoms with Gasteiger partial charge in [-0.2, -0.15) is 4.98 Å². The minimum absolute atomic E-state index is 0.279. The summed E-state index contributed by atoms with van der Waals surface area (Å²) in [6.07, 6.45) is 1.09. The van der Waals surface area contributed by atoms with E-state index in [9.17, 15) is 4.79 Å². The highest BCUT2D eigenvalue weighted by molar-refractivity contribution is 5.73. The van der Waals surface area contributed by atoms with Crippen LogP contribution >= 0.6 is 0 Å². The molecule has 1 aromatic heterocycles. The first kappa shape index (κ1) is 13.2. The molecule has 0 unspecified atom stereocenters. The molecule has 0 spiro atoms. The van der Waals surface area contributed by atoms with E-state index < -0.39 is 0 Å². The van der Waals surface area contributed by atoms with Crippen molar-refractivity contribution in [3.63, 3.8) is 0 Å². The highest BCUT2D eigenvalue weighted by Gasteiger charge is 2.01. The van der Waals surface area contributed by atoms with E-state index in [2.05, 4.69) is 20.6 Å². The quantitative estimate of drug-likeness (QED) is 0.612. The van der Waals surface area contributed by atoms with Crippen molar-refractivity contribution in [1.29, 1.82) is 0 Å². The predicted octanol–water partition coefficient (Wildman–Crippen LogP) is 0.894. The third-order valence-electron chi connectivity index (χ3n) is 2.10. The predicted molar refractivity (Wildman–Crippen MR) is 67.9 cm³/mol. The van der Waals surface area contributed by atoms with Crippen LogP contribution in [0.4, 0.5) is 11.8 Å². The van der Waals surface area contributed by atoms with Gasteiger partial charge in [-0.1, -0.05) is 0 Å². The van der Waals surface area contributed by atoms with E-state index in [-0.39, 0.29) is 5.91 Å². The van der Waals surface area contributed by atoms with Crippen molar-refractivity contribution < 1.29 is 4.79 Å². The van der Waals surface area contributed by atoms with E-state index >= 15 is 0 Å². The van der Waals surface area contributed by atoms with Gasteiger partial charge in [0.2, 0.25) is 11.9 Å². The highest BCUT2D eigenvalue weighted by atomic mass is 16.1. The van der Waals surface area contributed by atoms with Crippen LogP contribution in [0.3, 0.4) is 0 Å². The van der Waals surface area contributed by atoms with Crippen molar-refractivity contribution >= 4 is 17.7 Å². The summed E-state index contributed by atoms with van der Waals surface area (Å²) in [5.41, 5.74) is 5.95. The average molecular weight is 237 g/mol. The van der Waals surface area contributed by atoms with Crippen LogP contribution < -0.4 is 16.4 Å². The molecule has 0 aliphatic carbocycles. The molecule has 1 rings (SSSR count). The fourth-order valence-electron chi connectivity index (χ4n) is 1.38. The zero-order valence-electron chi connectivity index (χ0n) is 10.3. The average Bonchev–Trinajstić information content (AvgIpc) is 2.24. The standard InChI is InChI=1S/C11H19N5O/c1-3-13-11-15-8(2)7-10(16-11)14-6-4-5-9(12)17/h7H,3-6H2,1-2H3,(H2,12,17)(H2,13,14,15,16). The van der Waals surface area contributed by atoms with Crippen LogP contribution in [0.15, 0.2) is 6.07 Å². The first-order valence-corrected chi connectivity index (χ1v) is 5.73. The summed E-state index contributed by atoms with van der Waals surface area (Å²) in [7, 11) is 0. The fourth-order valence-corrected chi connectivity index (χ4v) is 1.38. The molecule has 1 aromatic rings. The maximum absolute atomic E-state index is 10.6. The normalized spacial score (nSPS) is 10.0. The number of primary amides is 1. The van der Waals surface area contributed by atoms with Gasteiger partial charge in [-0.15, -0.1) is 0 Å². The van der Waals surface area contributed by atoms with Gasteiger partial charge in [-0.3, -0.25) is 4.79 Å². The third kappa shape index (κ3) is 5.14. The molecule has 0 radical (unpaired) electrons. The lowest BCUT2D eigenvalue weighted by molar-refractivity contribution is -0.118. The van der Waals surface area contributed by atoms with Crippen molar-refractivity contribution in [3.8, 4) is 0 Å². The molecule has 6 nitrogen and oxygen atoms in total. The minimum atomic E-state index is -0.279. The molecule has 0 saturated carbocycles. The third-order valence-corrected chi connectivity index (χ3v) is 2.10. The van der Waals surface area contributed by atoms with Gasteiger partial charge in [0, 0.05) is 31.3 Å². The molecular formula is C11H19N5O. The summed E-state index contributed by atoms with van der Waals surface area (Å²) in [4.78, 5) is 19.1. The molecule has 0 bridgehead atoms. The number of anilines is 2. The summed E-state index contributed by atoms with van der Waals surface area (Å²) < 4.78 is 0. The Balaban J connectivity index is 2.49. The molecule has 17 heavy (non-hydrogen) atoms. The molecule has 6 heteroatoms. The van der Waals surface area contributed by atoms with Crippen LogP contribution in [0.2, 0.25) is 0 Å². The number of carbonyl (C=O) groups excluding carboxylic acids is 1. The summed E-state index contributed by atoms with van der Waals surface area (Å²) in [5.74, 6) is 1.10. The minimum Gasteiger partial charge on any atom is -0.370 e. The van der Waals surface area contributed by atoms with E-state index in [0.717, 1.165) is 18.1 Å². The Morgan fingerprint density at radius 1 is 1.41 bits per heavy atom. The summed E-state index contributed by atoms with van der Waals surface area (Å²) in [6.45, 7) is 5.36. The number of rotatable bonds is 7. The number of aromatic nitrogens is 2. The second kappa shape index (κ2) is 6.67. The van der Waals surface area contributed by atoms with Gasteiger partial charge >= 0.3 is 0 Å². The largest absolute Gasteiger partial charge is 0.370 e. The Morgan fingerprint density at radius 2 is 2.18 bits per heavy atom. The van der Waals surface area contributed by atoms with Gasteiger partial charge in [0.15, 0.2) is 0 Å². The number of nitrogens with zero attached hydrogens (tertiary/aromatic N) is 2. The van der Waals surface area contributed by atoms with Crippen molar-refractivity contribution in [2.75, 3.05) is 23.7 Å². The van der Waals surface area contributed by atoms with E-state index in [1.165, 1.54) is 0 Å². The van der Waals surface area contributed by atoms with Crippen LogP contribution in [0.1, 0.15) is 25.5 Å². The van der Waals surface area contributed by atoms with Crippen molar-refractivity contribution in [2.24, 2.45) is 5.73 Å². The Hall–Kier alpha value is -1.85. The van der Waals surface area contributed by atoms with Crippen molar-refractivity contribution in [1.82, 2.24) is 9.97 Å². The maximum Gasteiger partial charge on any atom is 0.224 e. The van der Waals surface area contributed by atoms with Crippen LogP contribution in [0, 0.1) is 6.92 Å². The SMILES string of the molecule is CCNc1nc(C)cc(NCCCC(N)=O)n1. The highest BCUT2D eigenvalue weighted by Crippen LogP contribution is 2.09. The molecule has 0 saturated heterocycles. The number of aryl methyl sites for hydroxylation is 1. The molecule has 1 heterocycles. The number of carbonyl (C=O) groups is 1. The number of amides is 1. The van der Waals surface area contributed by atoms with Crippen LogP contribution in [-0.4, -0.2) is 29.0 Å². The number of hydrogen-bond acceptors (Lipinski definition) is 5. The summed E-state index contributed by atoms with van der Waals surface area (Å²) in [6, 6.07) is 1.87. The van der Waals surface area contributed by atoms with Crippen LogP contribution in [0.25, 0.3) is 0 Å². The van der Waals surface area contributed by atoms with Gasteiger partial charge in [0.1, 0.15) is 5.82 Å². The fraction of sp³-hybridized carbons (Fsp3) is 0.545. The first-order chi connectivity index (χ1) is 8.11. The molecule has 4 N–H and O–H groups in total. The second-order valence-corrected chi connectivity index (χ2v) is 3.75. The Labute approximate surface area is 101 Å². The smallest absolute Gasteiger partial charge is 0.224 e. The number of nitrogens with two attached hydrogens (primary N) is 1. The molecule has 94 valence electrons. The molecule has 0 aliphatic heterocycles. The molecule has 1 amide bonds. The first-order valence-electron chi connectivity index (χ1n) is 5.73. The molecular weight excluding hydrogens is 218 g/mol. The summed E-state index contributed by atoms with van der Waals surface area (Å²) >= 11 is 0. The lowest BCUT2D eigenvalue weighted by Gasteiger charge is -2.08. The van der Waals surface area contributed by atoms with E-state index in [0.29, 0.717) is 25.3 Å². The number of nitrogens with one attached hydrogen (secondary N) is 2. The van der Waals surface area contributed by atoms with Gasteiger partial charge in [0.25, 0.3) is 0 Å². The van der Waals surface area contributed by atoms with Gasteiger partial charge in [0.05, 0.1) is 0 Å². The topological polar surface area (TPSA) is 92.9 Å².